The first-order valence-electron chi connectivity index (χ1n) is 19.4. The normalized spacial score (nSPS) is 33.3. The van der Waals surface area contributed by atoms with Gasteiger partial charge in [0.1, 0.15) is 35.6 Å². The van der Waals surface area contributed by atoms with Crippen LogP contribution in [0.5, 0.6) is 0 Å². The molecule has 16 heteroatoms. The van der Waals surface area contributed by atoms with Crippen LogP contribution in [0.1, 0.15) is 90.2 Å². The number of esters is 3. The third-order valence-corrected chi connectivity index (χ3v) is 13.4. The molecule has 1 saturated heterocycles. The minimum atomic E-state index is -2.36. The van der Waals surface area contributed by atoms with E-state index in [1.807, 2.05) is 0 Å². The van der Waals surface area contributed by atoms with Crippen molar-refractivity contribution < 1.29 is 68.1 Å². The van der Waals surface area contributed by atoms with E-state index in [1.165, 1.54) is 26.0 Å². The summed E-state index contributed by atoms with van der Waals surface area (Å²) < 4.78 is 30.4. The van der Waals surface area contributed by atoms with Crippen molar-refractivity contribution in [3.8, 4) is 0 Å². The standard InChI is InChI=1S/C43H52INO14/c1-21-26(56-37(52)32(49)30(23-14-16-25(44)17-15-23)45-38(53)59-39(3,4)5)19-43(54)35(57-36(51)24-12-10-9-11-13-24)33-41(8,34(50)31(48)29(21)40(43,6)7)27(47)18-28-42(33,20-55-28)58-22(2)46/h9-17,26-28,30-33,35,47-49,54H,18-20H2,1-8H3,(H,45,53)/t26-,27-,28+,30-,31+,32+,33-,35-,41+,42-,43+/m0/s1. The van der Waals surface area contributed by atoms with Gasteiger partial charge in [-0.2, -0.15) is 0 Å². The minimum absolute atomic E-state index is 0.0641. The van der Waals surface area contributed by atoms with Crippen molar-refractivity contribution in [2.75, 3.05) is 6.61 Å². The molecule has 1 heterocycles. The highest BCUT2D eigenvalue weighted by molar-refractivity contribution is 14.1. The monoisotopic (exact) mass is 933 g/mol. The number of rotatable bonds is 8. The number of ether oxygens (including phenoxy) is 5. The lowest BCUT2D eigenvalue weighted by atomic mass is 9.44. The van der Waals surface area contributed by atoms with Gasteiger partial charge in [-0.05, 0) is 98.2 Å². The van der Waals surface area contributed by atoms with Gasteiger partial charge in [-0.25, -0.2) is 14.4 Å². The maximum atomic E-state index is 15.0. The Hall–Kier alpha value is -3.94. The average Bonchev–Trinajstić information content (AvgIpc) is 3.15. The van der Waals surface area contributed by atoms with E-state index in [4.69, 9.17) is 23.7 Å². The number of aliphatic hydroxyl groups is 4. The average molecular weight is 934 g/mol. The van der Waals surface area contributed by atoms with Crippen LogP contribution in [-0.2, 0) is 38.1 Å². The van der Waals surface area contributed by atoms with Gasteiger partial charge in [-0.15, -0.1) is 0 Å². The van der Waals surface area contributed by atoms with Crippen LogP contribution in [0, 0.1) is 20.3 Å². The molecule has 0 radical (unpaired) electrons. The first kappa shape index (κ1) is 44.6. The Kier molecular flexibility index (Phi) is 12.0. The lowest BCUT2D eigenvalue weighted by Gasteiger charge is -2.67. The number of nitrogens with one attached hydrogen (secondary N) is 1. The number of fused-ring (bicyclic) bond motifs is 5. The molecular weight excluding hydrogens is 881 g/mol. The number of amides is 1. The SMILES string of the molecule is CC(=O)O[C@@]12CO[C@@H]1C[C@H](O)[C@@]1(C)C(=O)[C@H](O)C3=C(C)[C@@H](OC(=O)[C@H](O)[C@@H](NC(=O)OC(C)(C)C)c4ccc(I)cc4)C[C@@](O)([C@@H](OC(=O)c4ccccc4)[C@H]21)C3(C)C. The van der Waals surface area contributed by atoms with Crippen LogP contribution in [0.2, 0.25) is 0 Å². The first-order chi connectivity index (χ1) is 27.4. The van der Waals surface area contributed by atoms with Gasteiger partial charge in [-0.1, -0.05) is 44.2 Å². The molecule has 2 bridgehead atoms. The van der Waals surface area contributed by atoms with Crippen molar-refractivity contribution in [2.45, 2.75) is 128 Å². The van der Waals surface area contributed by atoms with Gasteiger partial charge in [0.05, 0.1) is 35.6 Å². The van der Waals surface area contributed by atoms with Crippen LogP contribution in [0.15, 0.2) is 65.7 Å². The molecule has 1 aliphatic heterocycles. The molecule has 0 spiro atoms. The second-order valence-corrected chi connectivity index (χ2v) is 19.0. The molecule has 1 amide bonds. The Bertz CT molecular complexity index is 2030. The van der Waals surface area contributed by atoms with E-state index in [1.54, 1.807) is 77.1 Å². The topological polar surface area (TPSA) is 224 Å². The third kappa shape index (κ3) is 7.69. The largest absolute Gasteiger partial charge is 0.456 e. The lowest BCUT2D eigenvalue weighted by Crippen LogP contribution is -2.81. The number of Topliss-reactive ketones (excluding diaryl/α,β-unsaturated/α-hetero) is 1. The van der Waals surface area contributed by atoms with Crippen LogP contribution in [0.3, 0.4) is 0 Å². The fourth-order valence-corrected chi connectivity index (χ4v) is 9.93. The summed E-state index contributed by atoms with van der Waals surface area (Å²) in [4.78, 5) is 69.1. The van der Waals surface area contributed by atoms with Gasteiger partial charge < -0.3 is 49.4 Å². The van der Waals surface area contributed by atoms with E-state index in [0.29, 0.717) is 5.56 Å². The second kappa shape index (κ2) is 15.8. The van der Waals surface area contributed by atoms with Crippen LogP contribution < -0.4 is 5.32 Å². The van der Waals surface area contributed by atoms with Crippen molar-refractivity contribution in [3.05, 3.63) is 80.4 Å². The van der Waals surface area contributed by atoms with Crippen molar-refractivity contribution in [2.24, 2.45) is 16.7 Å². The number of benzene rings is 2. The Labute approximate surface area is 355 Å². The quantitative estimate of drug-likeness (QED) is 0.110. The molecule has 11 atom stereocenters. The smallest absolute Gasteiger partial charge is 0.408 e. The number of carbonyl (C=O) groups is 5. The molecule has 0 aromatic heterocycles. The van der Waals surface area contributed by atoms with Crippen molar-refractivity contribution in [1.82, 2.24) is 5.32 Å². The zero-order valence-corrected chi connectivity index (χ0v) is 36.3. The second-order valence-electron chi connectivity index (χ2n) is 17.7. The highest BCUT2D eigenvalue weighted by Gasteiger charge is 2.78. The van der Waals surface area contributed by atoms with Crippen molar-refractivity contribution in [3.63, 3.8) is 0 Å². The van der Waals surface area contributed by atoms with Gasteiger partial charge in [-0.3, -0.25) is 9.59 Å². The van der Waals surface area contributed by atoms with E-state index < -0.39 is 112 Å². The van der Waals surface area contributed by atoms with Gasteiger partial charge in [0.15, 0.2) is 17.5 Å². The predicted octanol–water partition coefficient (Wildman–Crippen LogP) is 3.86. The number of aliphatic hydroxyl groups excluding tert-OH is 3. The fourth-order valence-electron chi connectivity index (χ4n) is 9.57. The molecule has 3 fully saturated rings. The summed E-state index contributed by atoms with van der Waals surface area (Å²) in [6.45, 7) is 11.8. The van der Waals surface area contributed by atoms with Crippen LogP contribution in [0.25, 0.3) is 0 Å². The maximum absolute atomic E-state index is 15.0. The summed E-state index contributed by atoms with van der Waals surface area (Å²) in [7, 11) is 0. The first-order valence-corrected chi connectivity index (χ1v) is 20.5. The molecule has 2 saturated carbocycles. The molecule has 0 unspecified atom stereocenters. The third-order valence-electron chi connectivity index (χ3n) is 12.6. The number of carbonyl (C=O) groups excluding carboxylic acids is 5. The number of ketones is 1. The molecular formula is C43H52INO14. The number of hydrogen-bond acceptors (Lipinski definition) is 14. The Morgan fingerprint density at radius 1 is 0.983 bits per heavy atom. The van der Waals surface area contributed by atoms with E-state index in [2.05, 4.69) is 27.9 Å². The number of hydrogen-bond donors (Lipinski definition) is 5. The molecule has 15 nitrogen and oxygen atoms in total. The van der Waals surface area contributed by atoms with E-state index in [0.717, 1.165) is 10.5 Å². The molecule has 2 aromatic carbocycles. The highest BCUT2D eigenvalue weighted by atomic mass is 127. The summed E-state index contributed by atoms with van der Waals surface area (Å²) in [5.41, 5.74) is -8.15. The maximum Gasteiger partial charge on any atom is 0.408 e. The zero-order valence-electron chi connectivity index (χ0n) is 34.2. The van der Waals surface area contributed by atoms with E-state index in [-0.39, 0.29) is 29.7 Å². The zero-order chi connectivity index (χ0) is 43.6. The van der Waals surface area contributed by atoms with Crippen LogP contribution >= 0.6 is 22.6 Å². The molecule has 320 valence electrons. The summed E-state index contributed by atoms with van der Waals surface area (Å²) >= 11 is 2.08. The van der Waals surface area contributed by atoms with E-state index >= 15 is 0 Å². The molecule has 5 N–H and O–H groups in total. The van der Waals surface area contributed by atoms with Crippen LogP contribution in [0.4, 0.5) is 4.79 Å². The Morgan fingerprint density at radius 3 is 2.17 bits per heavy atom. The van der Waals surface area contributed by atoms with Gasteiger partial charge in [0.2, 0.25) is 0 Å². The van der Waals surface area contributed by atoms with Crippen LogP contribution in [-0.4, -0.2) is 110 Å². The van der Waals surface area contributed by atoms with E-state index in [9.17, 15) is 44.4 Å². The highest BCUT2D eigenvalue weighted by Crippen LogP contribution is 2.64. The van der Waals surface area contributed by atoms with Gasteiger partial charge in [0, 0.05) is 28.8 Å². The molecule has 4 aliphatic rings. The van der Waals surface area contributed by atoms with Gasteiger partial charge in [0.25, 0.3) is 0 Å². The Balaban J connectivity index is 1.49. The summed E-state index contributed by atoms with van der Waals surface area (Å²) in [5, 5.41) is 51.7. The summed E-state index contributed by atoms with van der Waals surface area (Å²) in [5.74, 6) is -5.37. The number of halogens is 1. The number of alkyl carbamates (subject to hydrolysis) is 1. The predicted molar refractivity (Wildman–Crippen MR) is 216 cm³/mol. The van der Waals surface area contributed by atoms with Crippen molar-refractivity contribution >= 4 is 52.4 Å². The lowest BCUT2D eigenvalue weighted by molar-refractivity contribution is -0.346. The molecule has 59 heavy (non-hydrogen) atoms. The fraction of sp³-hybridized carbons (Fsp3) is 0.558. The Morgan fingerprint density at radius 2 is 1.61 bits per heavy atom. The molecule has 6 rings (SSSR count). The van der Waals surface area contributed by atoms with Crippen molar-refractivity contribution in [1.29, 1.82) is 0 Å². The molecule has 2 aromatic rings. The summed E-state index contributed by atoms with van der Waals surface area (Å²) in [6, 6.07) is 13.1. The molecule has 3 aliphatic carbocycles. The van der Waals surface area contributed by atoms with Gasteiger partial charge >= 0.3 is 24.0 Å². The minimum Gasteiger partial charge on any atom is -0.456 e. The summed E-state index contributed by atoms with van der Waals surface area (Å²) in [6.07, 6.45) is -11.5.